The van der Waals surface area contributed by atoms with Crippen molar-refractivity contribution >= 4 is 23.3 Å². The SMILES string of the molecule is CC(C)C(C)(C)NC(=O)c1cc(CC(=O)Cc2cc(Cl)ccc2O)ccn1. The standard InChI is InChI=1S/C21H25ClN2O3/c1-13(2)21(3,4)24-20(27)18-10-14(7-8-23-18)9-17(25)12-15-11-16(22)5-6-19(15)26/h5-8,10-11,13,26H,9,12H2,1-4H3,(H,24,27). The number of phenols is 1. The molecule has 2 N–H and O–H groups in total. The van der Waals surface area contributed by atoms with Crippen molar-refractivity contribution in [1.29, 1.82) is 0 Å². The highest BCUT2D eigenvalue weighted by molar-refractivity contribution is 6.30. The predicted molar refractivity (Wildman–Crippen MR) is 106 cm³/mol. The van der Waals surface area contributed by atoms with E-state index < -0.39 is 0 Å². The van der Waals surface area contributed by atoms with Crippen molar-refractivity contribution in [3.05, 3.63) is 58.4 Å². The van der Waals surface area contributed by atoms with Crippen LogP contribution in [0.3, 0.4) is 0 Å². The van der Waals surface area contributed by atoms with E-state index in [9.17, 15) is 14.7 Å². The Morgan fingerprint density at radius 3 is 2.56 bits per heavy atom. The number of aromatic hydroxyl groups is 1. The van der Waals surface area contributed by atoms with Crippen molar-refractivity contribution in [2.45, 2.75) is 46.1 Å². The van der Waals surface area contributed by atoms with Crippen LogP contribution < -0.4 is 5.32 Å². The van der Waals surface area contributed by atoms with Crippen LogP contribution in [0.2, 0.25) is 5.02 Å². The highest BCUT2D eigenvalue weighted by atomic mass is 35.5. The number of ketones is 1. The number of rotatable bonds is 7. The third-order valence-electron chi connectivity index (χ3n) is 4.77. The molecule has 6 heteroatoms. The molecular formula is C21H25ClN2O3. The summed E-state index contributed by atoms with van der Waals surface area (Å²) < 4.78 is 0. The summed E-state index contributed by atoms with van der Waals surface area (Å²) in [5.41, 5.74) is 1.09. The molecule has 27 heavy (non-hydrogen) atoms. The van der Waals surface area contributed by atoms with Gasteiger partial charge in [0.05, 0.1) is 0 Å². The van der Waals surface area contributed by atoms with E-state index in [0.29, 0.717) is 16.1 Å². The number of nitrogens with zero attached hydrogens (tertiary/aromatic N) is 1. The maximum atomic E-state index is 12.5. The maximum Gasteiger partial charge on any atom is 0.270 e. The zero-order valence-electron chi connectivity index (χ0n) is 16.0. The summed E-state index contributed by atoms with van der Waals surface area (Å²) in [5, 5.41) is 13.3. The fourth-order valence-electron chi connectivity index (χ4n) is 2.41. The smallest absolute Gasteiger partial charge is 0.270 e. The first-order valence-electron chi connectivity index (χ1n) is 8.85. The van der Waals surface area contributed by atoms with Gasteiger partial charge < -0.3 is 10.4 Å². The van der Waals surface area contributed by atoms with Gasteiger partial charge in [-0.1, -0.05) is 25.4 Å². The Morgan fingerprint density at radius 2 is 1.89 bits per heavy atom. The topological polar surface area (TPSA) is 79.3 Å². The van der Waals surface area contributed by atoms with Gasteiger partial charge >= 0.3 is 0 Å². The lowest BCUT2D eigenvalue weighted by Crippen LogP contribution is -2.47. The van der Waals surface area contributed by atoms with Crippen LogP contribution in [0.25, 0.3) is 0 Å². The molecule has 0 aliphatic heterocycles. The molecule has 0 bridgehead atoms. The Balaban J connectivity index is 2.08. The number of nitrogens with one attached hydrogen (secondary N) is 1. The third kappa shape index (κ3) is 5.79. The van der Waals surface area contributed by atoms with E-state index in [1.807, 2.05) is 27.7 Å². The van der Waals surface area contributed by atoms with Crippen LogP contribution in [0.1, 0.15) is 49.3 Å². The van der Waals surface area contributed by atoms with Crippen molar-refractivity contribution in [1.82, 2.24) is 10.3 Å². The van der Waals surface area contributed by atoms with Gasteiger partial charge in [0, 0.05) is 35.2 Å². The second-order valence-corrected chi connectivity index (χ2v) is 7.98. The number of benzene rings is 1. The van der Waals surface area contributed by atoms with Gasteiger partial charge in [-0.25, -0.2) is 0 Å². The van der Waals surface area contributed by atoms with Gasteiger partial charge in [-0.3, -0.25) is 14.6 Å². The van der Waals surface area contributed by atoms with Crippen LogP contribution in [-0.2, 0) is 17.6 Å². The minimum atomic E-state index is -0.366. The van der Waals surface area contributed by atoms with Crippen molar-refractivity contribution < 1.29 is 14.7 Å². The van der Waals surface area contributed by atoms with E-state index in [1.54, 1.807) is 24.3 Å². The molecular weight excluding hydrogens is 364 g/mol. The minimum Gasteiger partial charge on any atom is -0.508 e. The Kier molecular flexibility index (Phi) is 6.60. The summed E-state index contributed by atoms with van der Waals surface area (Å²) >= 11 is 5.92. The average molecular weight is 389 g/mol. The molecule has 144 valence electrons. The average Bonchev–Trinajstić information content (AvgIpc) is 2.57. The molecule has 0 unspecified atom stereocenters. The largest absolute Gasteiger partial charge is 0.508 e. The maximum absolute atomic E-state index is 12.5. The summed E-state index contributed by atoms with van der Waals surface area (Å²) in [7, 11) is 0. The van der Waals surface area contributed by atoms with Crippen molar-refractivity contribution in [2.24, 2.45) is 5.92 Å². The highest BCUT2D eigenvalue weighted by Gasteiger charge is 2.25. The summed E-state index contributed by atoms with van der Waals surface area (Å²) in [4.78, 5) is 29.0. The van der Waals surface area contributed by atoms with E-state index in [2.05, 4.69) is 10.3 Å². The van der Waals surface area contributed by atoms with Gasteiger partial charge in [-0.2, -0.15) is 0 Å². The summed E-state index contributed by atoms with van der Waals surface area (Å²) in [6, 6.07) is 7.95. The van der Waals surface area contributed by atoms with E-state index in [1.165, 1.54) is 12.3 Å². The molecule has 0 radical (unpaired) electrons. The lowest BCUT2D eigenvalue weighted by atomic mass is 9.90. The monoisotopic (exact) mass is 388 g/mol. The van der Waals surface area contributed by atoms with Crippen LogP contribution >= 0.6 is 11.6 Å². The molecule has 2 rings (SSSR count). The zero-order valence-corrected chi connectivity index (χ0v) is 16.8. The number of Topliss-reactive ketones (excluding diaryl/α,β-unsaturated/α-hetero) is 1. The molecule has 0 fully saturated rings. The van der Waals surface area contributed by atoms with E-state index in [-0.39, 0.29) is 47.4 Å². The molecule has 0 saturated carbocycles. The molecule has 2 aromatic rings. The summed E-state index contributed by atoms with van der Waals surface area (Å²) in [6.07, 6.45) is 1.73. The van der Waals surface area contributed by atoms with Crippen molar-refractivity contribution in [2.75, 3.05) is 0 Å². The number of halogens is 1. The second-order valence-electron chi connectivity index (χ2n) is 7.55. The van der Waals surface area contributed by atoms with Crippen LogP contribution in [0.5, 0.6) is 5.75 Å². The number of hydrogen-bond donors (Lipinski definition) is 2. The molecule has 1 amide bonds. The normalized spacial score (nSPS) is 11.5. The van der Waals surface area contributed by atoms with Crippen LogP contribution in [0, 0.1) is 5.92 Å². The van der Waals surface area contributed by atoms with Gasteiger partial charge in [0.25, 0.3) is 5.91 Å². The molecule has 0 saturated heterocycles. The third-order valence-corrected chi connectivity index (χ3v) is 5.00. The van der Waals surface area contributed by atoms with Crippen LogP contribution in [0.4, 0.5) is 0 Å². The number of carbonyl (C=O) groups excluding carboxylic acids is 2. The number of hydrogen-bond acceptors (Lipinski definition) is 4. The molecule has 1 aromatic heterocycles. The Morgan fingerprint density at radius 1 is 1.19 bits per heavy atom. The molecule has 1 aromatic carbocycles. The van der Waals surface area contributed by atoms with Crippen LogP contribution in [-0.4, -0.2) is 27.3 Å². The highest BCUT2D eigenvalue weighted by Crippen LogP contribution is 2.22. The molecule has 1 heterocycles. The van der Waals surface area contributed by atoms with Crippen molar-refractivity contribution in [3.8, 4) is 5.75 Å². The van der Waals surface area contributed by atoms with Gasteiger partial charge in [0.2, 0.25) is 0 Å². The Bertz CT molecular complexity index is 847. The Labute approximate surface area is 164 Å². The molecule has 0 atom stereocenters. The fourth-order valence-corrected chi connectivity index (χ4v) is 2.60. The van der Waals surface area contributed by atoms with Gasteiger partial charge in [-0.05, 0) is 55.7 Å². The second kappa shape index (κ2) is 8.53. The van der Waals surface area contributed by atoms with Gasteiger partial charge in [0.1, 0.15) is 17.2 Å². The molecule has 0 spiro atoms. The lowest BCUT2D eigenvalue weighted by Gasteiger charge is -2.30. The molecule has 5 nitrogen and oxygen atoms in total. The number of carbonyl (C=O) groups is 2. The van der Waals surface area contributed by atoms with Crippen LogP contribution in [0.15, 0.2) is 36.5 Å². The lowest BCUT2D eigenvalue weighted by molar-refractivity contribution is -0.117. The number of aromatic nitrogens is 1. The number of phenolic OH excluding ortho intramolecular Hbond substituents is 1. The molecule has 0 aliphatic carbocycles. The van der Waals surface area contributed by atoms with E-state index in [0.717, 1.165) is 0 Å². The number of pyridine rings is 1. The quantitative estimate of drug-likeness (QED) is 0.752. The first kappa shape index (κ1) is 20.9. The van der Waals surface area contributed by atoms with Gasteiger partial charge in [0.15, 0.2) is 0 Å². The predicted octanol–water partition coefficient (Wildman–Crippen LogP) is 3.96. The Hall–Kier alpha value is -2.40. The van der Waals surface area contributed by atoms with E-state index in [4.69, 9.17) is 11.6 Å². The zero-order chi connectivity index (χ0) is 20.2. The minimum absolute atomic E-state index is 0.0402. The first-order valence-corrected chi connectivity index (χ1v) is 9.23. The summed E-state index contributed by atoms with van der Waals surface area (Å²) in [6.45, 7) is 7.99. The molecule has 0 aliphatic rings. The van der Waals surface area contributed by atoms with Gasteiger partial charge in [-0.15, -0.1) is 0 Å². The van der Waals surface area contributed by atoms with E-state index >= 15 is 0 Å². The first-order chi connectivity index (χ1) is 12.6. The van der Waals surface area contributed by atoms with Crippen molar-refractivity contribution in [3.63, 3.8) is 0 Å². The summed E-state index contributed by atoms with van der Waals surface area (Å²) in [5.74, 6) is -0.0573. The fraction of sp³-hybridized carbons (Fsp3) is 0.381. The number of amides is 1.